The average molecular weight is 153 g/mol. The molecule has 0 atom stereocenters. The lowest BCUT2D eigenvalue weighted by molar-refractivity contribution is 0.00673. The molecular formula is C7H9N3O. The van der Waals surface area contributed by atoms with Crippen molar-refractivity contribution in [2.75, 3.05) is 18.9 Å². The van der Waals surface area contributed by atoms with Gasteiger partial charge >= 0.3 is 0 Å². The van der Waals surface area contributed by atoms with Gasteiger partial charge in [0.2, 0.25) is 5.95 Å². The summed E-state index contributed by atoms with van der Waals surface area (Å²) in [6.45, 7) is 1.11. The zero-order chi connectivity index (χ0) is 9.42. The molecule has 0 unspecified atom stereocenters. The fourth-order valence-electron chi connectivity index (χ4n) is 0.906. The first-order valence-electron chi connectivity index (χ1n) is 4.37. The first-order valence-corrected chi connectivity index (χ1v) is 3.37. The Labute approximate surface area is 67.2 Å². The van der Waals surface area contributed by atoms with Crippen LogP contribution in [0.1, 0.15) is 14.4 Å². The van der Waals surface area contributed by atoms with Crippen molar-refractivity contribution in [1.29, 1.82) is 0 Å². The summed E-state index contributed by atoms with van der Waals surface area (Å²) in [5.74, 6) is 0.171. The molecule has 4 nitrogen and oxygen atoms in total. The van der Waals surface area contributed by atoms with E-state index in [0.29, 0.717) is 18.9 Å². The van der Waals surface area contributed by atoms with Crippen LogP contribution in [0.25, 0.3) is 0 Å². The van der Waals surface area contributed by atoms with Gasteiger partial charge in [-0.3, -0.25) is 0 Å². The maximum atomic E-state index is 7.54. The van der Waals surface area contributed by atoms with Crippen molar-refractivity contribution in [1.82, 2.24) is 9.97 Å². The van der Waals surface area contributed by atoms with Gasteiger partial charge in [0.1, 0.15) is 0 Å². The Hall–Kier alpha value is -1.16. The van der Waals surface area contributed by atoms with Gasteiger partial charge in [-0.15, -0.1) is 0 Å². The Kier molecular flexibility index (Phi) is 1.05. The van der Waals surface area contributed by atoms with E-state index in [1.807, 2.05) is 0 Å². The Morgan fingerprint density at radius 2 is 2.55 bits per heavy atom. The monoisotopic (exact) mass is 153 g/mol. The third-order valence-corrected chi connectivity index (χ3v) is 1.61. The lowest BCUT2D eigenvalue weighted by atomic mass is 10.0. The van der Waals surface area contributed by atoms with Gasteiger partial charge in [0, 0.05) is 12.1 Å². The van der Waals surface area contributed by atoms with E-state index in [4.69, 9.17) is 13.2 Å². The summed E-state index contributed by atoms with van der Waals surface area (Å²) >= 11 is 0. The van der Waals surface area contributed by atoms with Gasteiger partial charge in [-0.25, -0.2) is 9.97 Å². The highest BCUT2D eigenvalue weighted by Crippen LogP contribution is 2.21. The number of anilines is 1. The Balaban J connectivity index is 2.42. The fraction of sp³-hybridized carbons (Fsp3) is 0.429. The Bertz CT molecular complexity index is 341. The summed E-state index contributed by atoms with van der Waals surface area (Å²) in [6, 6.07) is 0.0579. The second-order valence-corrected chi connectivity index (χ2v) is 2.44. The normalized spacial score (nSPS) is 20.4. The van der Waals surface area contributed by atoms with Gasteiger partial charge in [0.15, 0.2) is 0 Å². The molecule has 58 valence electrons. The van der Waals surface area contributed by atoms with E-state index >= 15 is 0 Å². The molecular weight excluding hydrogens is 142 g/mol. The topological polar surface area (TPSA) is 61.0 Å². The van der Waals surface area contributed by atoms with Crippen LogP contribution < -0.4 is 5.73 Å². The SMILES string of the molecule is [2H]c1nc(N)nc(C2COC2)c1[2H]. The maximum absolute atomic E-state index is 7.54. The van der Waals surface area contributed by atoms with E-state index in [2.05, 4.69) is 9.97 Å². The number of rotatable bonds is 1. The molecule has 1 aliphatic heterocycles. The van der Waals surface area contributed by atoms with Crippen molar-refractivity contribution in [3.63, 3.8) is 0 Å². The molecule has 0 bridgehead atoms. The number of hydrogen-bond acceptors (Lipinski definition) is 4. The smallest absolute Gasteiger partial charge is 0.220 e. The molecule has 0 spiro atoms. The van der Waals surface area contributed by atoms with Crippen molar-refractivity contribution >= 4 is 5.95 Å². The number of nitrogen functional groups attached to an aromatic ring is 1. The fourth-order valence-corrected chi connectivity index (χ4v) is 0.906. The van der Waals surface area contributed by atoms with E-state index in [1.165, 1.54) is 0 Å². The summed E-state index contributed by atoms with van der Waals surface area (Å²) in [7, 11) is 0. The molecule has 0 saturated carbocycles. The lowest BCUT2D eigenvalue weighted by Crippen LogP contribution is -2.26. The second-order valence-electron chi connectivity index (χ2n) is 2.44. The van der Waals surface area contributed by atoms with Crippen LogP contribution in [0.2, 0.25) is 0 Å². The van der Waals surface area contributed by atoms with Crippen molar-refractivity contribution in [2.45, 2.75) is 5.92 Å². The third-order valence-electron chi connectivity index (χ3n) is 1.61. The Morgan fingerprint density at radius 1 is 1.73 bits per heavy atom. The minimum absolute atomic E-state index is 0.0579. The highest BCUT2D eigenvalue weighted by atomic mass is 16.5. The first kappa shape index (κ1) is 4.66. The molecule has 1 aromatic heterocycles. The van der Waals surface area contributed by atoms with Crippen LogP contribution >= 0.6 is 0 Å². The predicted octanol–water partition coefficient (Wildman–Crippen LogP) is 0.173. The molecule has 1 saturated heterocycles. The summed E-state index contributed by atoms with van der Waals surface area (Å²) in [4.78, 5) is 7.51. The van der Waals surface area contributed by atoms with Crippen LogP contribution in [0.4, 0.5) is 5.95 Å². The molecule has 4 heteroatoms. The standard InChI is InChI=1S/C7H9N3O/c8-7-9-2-1-6(10-7)5-3-11-4-5/h1-2,5H,3-4H2,(H2,8,9,10)/i1D,2D. The van der Waals surface area contributed by atoms with Crippen molar-refractivity contribution < 1.29 is 7.48 Å². The molecule has 2 rings (SSSR count). The zero-order valence-corrected chi connectivity index (χ0v) is 5.87. The van der Waals surface area contributed by atoms with Gasteiger partial charge in [-0.2, -0.15) is 0 Å². The third kappa shape index (κ3) is 1.17. The van der Waals surface area contributed by atoms with E-state index in [9.17, 15) is 0 Å². The highest BCUT2D eigenvalue weighted by molar-refractivity contribution is 5.20. The molecule has 0 amide bonds. The van der Waals surface area contributed by atoms with Crippen molar-refractivity contribution in [3.8, 4) is 0 Å². The van der Waals surface area contributed by atoms with Crippen LogP contribution in [0.15, 0.2) is 12.2 Å². The lowest BCUT2D eigenvalue weighted by Gasteiger charge is -2.24. The first-order chi connectivity index (χ1) is 6.18. The van der Waals surface area contributed by atoms with Crippen molar-refractivity contribution in [2.24, 2.45) is 0 Å². The summed E-state index contributed by atoms with van der Waals surface area (Å²) in [5, 5.41) is 0. The van der Waals surface area contributed by atoms with Crippen LogP contribution in [0, 0.1) is 0 Å². The maximum Gasteiger partial charge on any atom is 0.220 e. The van der Waals surface area contributed by atoms with Gasteiger partial charge in [0.05, 0.1) is 21.6 Å². The largest absolute Gasteiger partial charge is 0.380 e. The zero-order valence-electron chi connectivity index (χ0n) is 7.87. The summed E-state index contributed by atoms with van der Waals surface area (Å²) in [6.07, 6.45) is -0.116. The molecule has 1 aliphatic rings. The van der Waals surface area contributed by atoms with Gasteiger partial charge in [0.25, 0.3) is 0 Å². The number of hydrogen-bond donors (Lipinski definition) is 1. The quantitative estimate of drug-likeness (QED) is 0.624. The molecule has 2 N–H and O–H groups in total. The van der Waals surface area contributed by atoms with Gasteiger partial charge in [-0.1, -0.05) is 0 Å². The van der Waals surface area contributed by atoms with Crippen LogP contribution in [-0.4, -0.2) is 23.2 Å². The van der Waals surface area contributed by atoms with Crippen molar-refractivity contribution in [3.05, 3.63) is 17.9 Å². The average Bonchev–Trinajstić information content (AvgIpc) is 1.95. The highest BCUT2D eigenvalue weighted by Gasteiger charge is 2.21. The molecule has 1 fully saturated rings. The van der Waals surface area contributed by atoms with Crippen LogP contribution in [-0.2, 0) is 4.74 Å². The Morgan fingerprint density at radius 3 is 3.18 bits per heavy atom. The molecule has 0 aliphatic carbocycles. The van der Waals surface area contributed by atoms with E-state index in [0.717, 1.165) is 0 Å². The van der Waals surface area contributed by atoms with Gasteiger partial charge in [-0.05, 0) is 6.04 Å². The number of nitrogens with zero attached hydrogens (tertiary/aromatic N) is 2. The molecule has 0 radical (unpaired) electrons. The molecule has 1 aromatic rings. The van der Waals surface area contributed by atoms with Crippen LogP contribution in [0.3, 0.4) is 0 Å². The minimum atomic E-state index is -0.116. The van der Waals surface area contributed by atoms with Crippen LogP contribution in [0.5, 0.6) is 0 Å². The van der Waals surface area contributed by atoms with Gasteiger partial charge < -0.3 is 10.5 Å². The summed E-state index contributed by atoms with van der Waals surface area (Å²) in [5.41, 5.74) is 5.91. The molecule has 2 heterocycles. The van der Waals surface area contributed by atoms with E-state index in [1.54, 1.807) is 0 Å². The summed E-state index contributed by atoms with van der Waals surface area (Å²) < 4.78 is 19.8. The van der Waals surface area contributed by atoms with E-state index in [-0.39, 0.29) is 24.1 Å². The number of ether oxygens (including phenoxy) is 1. The molecule has 11 heavy (non-hydrogen) atoms. The predicted molar refractivity (Wildman–Crippen MR) is 40.0 cm³/mol. The minimum Gasteiger partial charge on any atom is -0.380 e. The van der Waals surface area contributed by atoms with E-state index < -0.39 is 0 Å². The molecule has 0 aromatic carbocycles. The second kappa shape index (κ2) is 2.47. The number of aromatic nitrogens is 2. The number of nitrogens with two attached hydrogens (primary N) is 1.